The minimum Gasteiger partial charge on any atom is -0.337 e. The fourth-order valence-corrected chi connectivity index (χ4v) is 3.02. The number of amides is 1. The zero-order valence-electron chi connectivity index (χ0n) is 12.9. The first kappa shape index (κ1) is 18.7. The van der Waals surface area contributed by atoms with E-state index in [1.807, 2.05) is 0 Å². The minimum atomic E-state index is -3.36. The van der Waals surface area contributed by atoms with E-state index in [2.05, 4.69) is 10.0 Å². The lowest BCUT2D eigenvalue weighted by Gasteiger charge is -2.24. The Morgan fingerprint density at radius 3 is 2.64 bits per heavy atom. The van der Waals surface area contributed by atoms with Gasteiger partial charge in [0.15, 0.2) is 0 Å². The van der Waals surface area contributed by atoms with Gasteiger partial charge in [0, 0.05) is 25.2 Å². The van der Waals surface area contributed by atoms with Crippen LogP contribution in [0.5, 0.6) is 0 Å². The van der Waals surface area contributed by atoms with Gasteiger partial charge in [0.2, 0.25) is 10.0 Å². The molecule has 0 bridgehead atoms. The summed E-state index contributed by atoms with van der Waals surface area (Å²) in [6.45, 7) is 3.51. The first-order valence-electron chi connectivity index (χ1n) is 6.84. The summed E-state index contributed by atoms with van der Waals surface area (Å²) < 4.78 is 25.2. The second kappa shape index (κ2) is 7.30. The van der Waals surface area contributed by atoms with E-state index in [0.29, 0.717) is 11.3 Å². The van der Waals surface area contributed by atoms with Crippen LogP contribution in [0, 0.1) is 6.92 Å². The van der Waals surface area contributed by atoms with E-state index in [-0.39, 0.29) is 24.4 Å². The van der Waals surface area contributed by atoms with Crippen molar-refractivity contribution in [2.75, 3.05) is 31.1 Å². The Morgan fingerprint density at radius 2 is 2.09 bits per heavy atom. The summed E-state index contributed by atoms with van der Waals surface area (Å²) in [5.74, 6) is -0.0970. The lowest BCUT2D eigenvalue weighted by Crippen LogP contribution is -2.38. The molecule has 1 saturated heterocycles. The van der Waals surface area contributed by atoms with Crippen LogP contribution in [-0.2, 0) is 10.0 Å². The number of carbonyl (C=O) groups excluding carboxylic acids is 1. The number of likely N-dealkylation sites (N-methyl/N-ethyl adjacent to an activating group) is 1. The monoisotopic (exact) mass is 347 g/mol. The first-order valence-corrected chi connectivity index (χ1v) is 8.73. The molecule has 0 spiro atoms. The lowest BCUT2D eigenvalue weighted by atomic mass is 10.1. The molecule has 1 aliphatic rings. The summed E-state index contributed by atoms with van der Waals surface area (Å²) in [5, 5.41) is 3.23. The number of anilines is 1. The molecular weight excluding hydrogens is 326 g/mol. The normalized spacial score (nSPS) is 17.7. The average molecular weight is 348 g/mol. The van der Waals surface area contributed by atoms with Crippen molar-refractivity contribution in [2.24, 2.45) is 0 Å². The molecule has 6 nitrogen and oxygen atoms in total. The van der Waals surface area contributed by atoms with Crippen molar-refractivity contribution in [3.05, 3.63) is 29.3 Å². The Labute approximate surface area is 137 Å². The van der Waals surface area contributed by atoms with Gasteiger partial charge >= 0.3 is 0 Å². The largest absolute Gasteiger partial charge is 0.337 e. The molecule has 0 aliphatic carbocycles. The summed E-state index contributed by atoms with van der Waals surface area (Å²) >= 11 is 0. The molecule has 1 aliphatic heterocycles. The van der Waals surface area contributed by atoms with Crippen LogP contribution in [0.2, 0.25) is 0 Å². The van der Waals surface area contributed by atoms with Crippen molar-refractivity contribution < 1.29 is 13.2 Å². The summed E-state index contributed by atoms with van der Waals surface area (Å²) in [4.78, 5) is 14.2. The second-order valence-electron chi connectivity index (χ2n) is 5.47. The van der Waals surface area contributed by atoms with Gasteiger partial charge in [-0.2, -0.15) is 0 Å². The van der Waals surface area contributed by atoms with Crippen molar-refractivity contribution in [1.29, 1.82) is 0 Å². The van der Waals surface area contributed by atoms with Crippen LogP contribution in [0.4, 0.5) is 5.69 Å². The van der Waals surface area contributed by atoms with Crippen molar-refractivity contribution in [3.8, 4) is 0 Å². The van der Waals surface area contributed by atoms with Gasteiger partial charge in [-0.25, -0.2) is 8.42 Å². The number of nitrogens with one attached hydrogen (secondary N) is 2. The van der Waals surface area contributed by atoms with E-state index >= 15 is 0 Å². The zero-order chi connectivity index (χ0) is 15.6. The Morgan fingerprint density at radius 1 is 1.41 bits per heavy atom. The Hall–Kier alpha value is -1.31. The second-order valence-corrected chi connectivity index (χ2v) is 7.22. The van der Waals surface area contributed by atoms with Crippen molar-refractivity contribution >= 4 is 34.0 Å². The smallest absolute Gasteiger partial charge is 0.253 e. The predicted octanol–water partition coefficient (Wildman–Crippen LogP) is 1.22. The molecule has 2 rings (SSSR count). The van der Waals surface area contributed by atoms with E-state index in [4.69, 9.17) is 0 Å². The molecule has 1 heterocycles. The maximum Gasteiger partial charge on any atom is 0.253 e. The molecule has 22 heavy (non-hydrogen) atoms. The summed E-state index contributed by atoms with van der Waals surface area (Å²) in [5.41, 5.74) is 1.71. The van der Waals surface area contributed by atoms with Crippen LogP contribution in [-0.4, -0.2) is 51.7 Å². The predicted molar refractivity (Wildman–Crippen MR) is 90.3 cm³/mol. The number of rotatable bonds is 4. The summed E-state index contributed by atoms with van der Waals surface area (Å²) in [6.07, 6.45) is 2.03. The molecule has 8 heteroatoms. The fourth-order valence-electron chi connectivity index (χ4n) is 2.40. The Kier molecular flexibility index (Phi) is 6.22. The van der Waals surface area contributed by atoms with E-state index in [0.717, 1.165) is 31.3 Å². The number of nitrogens with zero attached hydrogens (tertiary/aromatic N) is 1. The topological polar surface area (TPSA) is 78.5 Å². The van der Waals surface area contributed by atoms with E-state index < -0.39 is 10.0 Å². The standard InChI is InChI=1S/C14H21N3O3S.ClH/c1-10-4-5-11(8-13(10)16-21(3,19)20)14(18)17(2)12-6-7-15-9-12;/h4-5,8,12,15-16H,6-7,9H2,1-3H3;1H. The molecule has 1 unspecified atom stereocenters. The number of halogens is 1. The molecular formula is C14H22ClN3O3S. The van der Waals surface area contributed by atoms with Crippen molar-refractivity contribution in [2.45, 2.75) is 19.4 Å². The van der Waals surface area contributed by atoms with Gasteiger partial charge in [0.1, 0.15) is 0 Å². The molecule has 2 N–H and O–H groups in total. The first-order chi connectivity index (χ1) is 9.78. The van der Waals surface area contributed by atoms with Crippen LogP contribution in [0.15, 0.2) is 18.2 Å². The molecule has 0 aromatic heterocycles. The summed E-state index contributed by atoms with van der Waals surface area (Å²) in [6, 6.07) is 5.26. The van der Waals surface area contributed by atoms with Crippen LogP contribution in [0.3, 0.4) is 0 Å². The minimum absolute atomic E-state index is 0. The highest BCUT2D eigenvalue weighted by atomic mass is 35.5. The number of sulfonamides is 1. The van der Waals surface area contributed by atoms with Crippen LogP contribution in [0.25, 0.3) is 0 Å². The van der Waals surface area contributed by atoms with Crippen LogP contribution >= 0.6 is 12.4 Å². The highest BCUT2D eigenvalue weighted by Crippen LogP contribution is 2.20. The van der Waals surface area contributed by atoms with E-state index in [1.165, 1.54) is 0 Å². The van der Waals surface area contributed by atoms with Crippen LogP contribution in [0.1, 0.15) is 22.3 Å². The molecule has 1 fully saturated rings. The van der Waals surface area contributed by atoms with Gasteiger partial charge in [-0.1, -0.05) is 6.07 Å². The molecule has 0 saturated carbocycles. The highest BCUT2D eigenvalue weighted by Gasteiger charge is 2.24. The third-order valence-corrected chi connectivity index (χ3v) is 4.27. The quantitative estimate of drug-likeness (QED) is 0.858. The number of hydrogen-bond acceptors (Lipinski definition) is 4. The number of benzene rings is 1. The fraction of sp³-hybridized carbons (Fsp3) is 0.500. The van der Waals surface area contributed by atoms with Gasteiger partial charge in [-0.3, -0.25) is 9.52 Å². The van der Waals surface area contributed by atoms with Gasteiger partial charge < -0.3 is 10.2 Å². The SMILES string of the molecule is Cc1ccc(C(=O)N(C)C2CCNC2)cc1NS(C)(=O)=O.Cl. The molecule has 0 radical (unpaired) electrons. The van der Waals surface area contributed by atoms with Gasteiger partial charge in [0.25, 0.3) is 5.91 Å². The lowest BCUT2D eigenvalue weighted by molar-refractivity contribution is 0.0744. The van der Waals surface area contributed by atoms with E-state index in [1.54, 1.807) is 37.1 Å². The van der Waals surface area contributed by atoms with E-state index in [9.17, 15) is 13.2 Å². The maximum absolute atomic E-state index is 12.5. The van der Waals surface area contributed by atoms with Crippen molar-refractivity contribution in [3.63, 3.8) is 0 Å². The number of aryl methyl sites for hydroxylation is 1. The summed E-state index contributed by atoms with van der Waals surface area (Å²) in [7, 11) is -1.58. The third kappa shape index (κ3) is 4.59. The van der Waals surface area contributed by atoms with Crippen LogP contribution < -0.4 is 10.0 Å². The molecule has 1 aromatic rings. The Balaban J connectivity index is 0.00000242. The molecule has 1 atom stereocenters. The number of hydrogen-bond donors (Lipinski definition) is 2. The Bertz CT molecular complexity index is 643. The molecule has 1 amide bonds. The maximum atomic E-state index is 12.5. The highest BCUT2D eigenvalue weighted by molar-refractivity contribution is 7.92. The number of carbonyl (C=O) groups is 1. The molecule has 1 aromatic carbocycles. The van der Waals surface area contributed by atoms with Gasteiger partial charge in [0.05, 0.1) is 11.9 Å². The van der Waals surface area contributed by atoms with Crippen molar-refractivity contribution in [1.82, 2.24) is 10.2 Å². The third-order valence-electron chi connectivity index (χ3n) is 3.68. The zero-order valence-corrected chi connectivity index (χ0v) is 14.6. The van der Waals surface area contributed by atoms with Gasteiger partial charge in [-0.15, -0.1) is 12.4 Å². The van der Waals surface area contributed by atoms with Gasteiger partial charge in [-0.05, 0) is 37.6 Å². The molecule has 124 valence electrons. The average Bonchev–Trinajstić information content (AvgIpc) is 2.92.